The first kappa shape index (κ1) is 36.0. The molecule has 1 unspecified atom stereocenters. The minimum absolute atomic E-state index is 0.147. The van der Waals surface area contributed by atoms with Gasteiger partial charge in [0.1, 0.15) is 0 Å². The van der Waals surface area contributed by atoms with Gasteiger partial charge in [0.2, 0.25) is 0 Å². The Morgan fingerprint density at radius 3 is 1.80 bits per heavy atom. The number of hydrogen-bond acceptors (Lipinski definition) is 8. The number of benzene rings is 4. The number of nitrogens with zero attached hydrogens (tertiary/aromatic N) is 1. The number of hydrogen-bond donors (Lipinski definition) is 1. The molecule has 0 radical (unpaired) electrons. The minimum atomic E-state index is -1.25. The second kappa shape index (κ2) is 17.4. The average molecular weight is 740 g/mol. The molecule has 0 saturated heterocycles. The van der Waals surface area contributed by atoms with Crippen LogP contribution in [0.5, 0.6) is 0 Å². The molecule has 10 nitrogen and oxygen atoms in total. The van der Waals surface area contributed by atoms with Crippen molar-refractivity contribution in [3.63, 3.8) is 0 Å². The van der Waals surface area contributed by atoms with Gasteiger partial charge in [0.15, 0.2) is 0 Å². The number of carbonyl (C=O) groups is 2. The third-order valence-electron chi connectivity index (χ3n) is 7.60. The van der Waals surface area contributed by atoms with Crippen molar-refractivity contribution < 1.29 is 28.5 Å². The molecule has 5 rings (SSSR count). The number of methoxy groups -OCH3 is 1. The molecule has 0 aliphatic heterocycles. The quantitative estimate of drug-likeness (QED) is 0.0738. The number of H-pyrrole nitrogens is 1. The van der Waals surface area contributed by atoms with Gasteiger partial charge in [-0.05, 0) is 0 Å². The zero-order chi connectivity index (χ0) is 35.3. The summed E-state index contributed by atoms with van der Waals surface area (Å²) < 4.78 is 26.4. The van der Waals surface area contributed by atoms with Crippen LogP contribution >= 0.6 is 0 Å². The van der Waals surface area contributed by atoms with Gasteiger partial charge in [0.25, 0.3) is 0 Å². The van der Waals surface area contributed by atoms with Gasteiger partial charge >= 0.3 is 296 Å². The van der Waals surface area contributed by atoms with Crippen LogP contribution in [0.25, 0.3) is 0 Å². The molecule has 256 valence electrons. The molecule has 5 aromatic rings. The van der Waals surface area contributed by atoms with Gasteiger partial charge in [-0.25, -0.2) is 0 Å². The standard InChI is InChI=1S/C39H36N2O8Se/c1-28(42)48-37(50-33-21-13-6-14-22-33)36(41-26-25-34(43)40-38(41)45)49-32(23-24-35(44)46-2)27-47-39(29-15-7-3-8-16-29,30-17-9-4-10-18-30)31-19-11-5-12-20-31/h3-26,32,36-37H,27H2,1-2H3,(H,40,43,45)/b24-23+/t32-,36+,37?/m0/s1. The summed E-state index contributed by atoms with van der Waals surface area (Å²) in [4.78, 5) is 52.5. The maximum atomic E-state index is 13.3. The number of nitrogens with one attached hydrogen (secondary N) is 1. The molecule has 0 aliphatic rings. The van der Waals surface area contributed by atoms with Crippen LogP contribution in [0.1, 0.15) is 29.8 Å². The van der Waals surface area contributed by atoms with Crippen LogP contribution in [-0.4, -0.2) is 61.3 Å². The Morgan fingerprint density at radius 2 is 1.32 bits per heavy atom. The van der Waals surface area contributed by atoms with E-state index in [0.717, 1.165) is 25.7 Å². The Balaban J connectivity index is 1.62. The van der Waals surface area contributed by atoms with E-state index in [2.05, 4.69) is 4.98 Å². The molecule has 0 aliphatic carbocycles. The molecular weight excluding hydrogens is 703 g/mol. The number of aromatic amines is 1. The topological polar surface area (TPSA) is 126 Å². The van der Waals surface area contributed by atoms with Crippen molar-refractivity contribution in [1.82, 2.24) is 9.55 Å². The van der Waals surface area contributed by atoms with Crippen LogP contribution in [0.3, 0.4) is 0 Å². The summed E-state index contributed by atoms with van der Waals surface area (Å²) in [5.74, 6) is -1.23. The van der Waals surface area contributed by atoms with E-state index in [4.69, 9.17) is 18.9 Å². The zero-order valence-corrected chi connectivity index (χ0v) is 29.1. The Kier molecular flexibility index (Phi) is 12.5. The van der Waals surface area contributed by atoms with Crippen molar-refractivity contribution >= 4 is 31.4 Å². The molecule has 0 bridgehead atoms. The van der Waals surface area contributed by atoms with Crippen LogP contribution in [0, 0.1) is 0 Å². The van der Waals surface area contributed by atoms with Crippen molar-refractivity contribution in [3.05, 3.63) is 183 Å². The van der Waals surface area contributed by atoms with Gasteiger partial charge in [0, 0.05) is 0 Å². The summed E-state index contributed by atoms with van der Waals surface area (Å²) >= 11 is -0.577. The fraction of sp³-hybridized carbons (Fsp3) is 0.179. The Hall–Kier alpha value is -5.32. The molecular formula is C39H36N2O8Se. The molecule has 1 heterocycles. The van der Waals surface area contributed by atoms with E-state index >= 15 is 0 Å². The third-order valence-corrected chi connectivity index (χ3v) is 9.92. The van der Waals surface area contributed by atoms with Gasteiger partial charge in [-0.1, -0.05) is 0 Å². The third kappa shape index (κ3) is 9.02. The van der Waals surface area contributed by atoms with Gasteiger partial charge in [-0.2, -0.15) is 0 Å². The zero-order valence-electron chi connectivity index (χ0n) is 27.4. The summed E-state index contributed by atoms with van der Waals surface area (Å²) in [6, 6.07) is 39.7. The number of aromatic nitrogens is 2. The van der Waals surface area contributed by atoms with E-state index in [1.807, 2.05) is 121 Å². The van der Waals surface area contributed by atoms with Gasteiger partial charge in [-0.15, -0.1) is 0 Å². The van der Waals surface area contributed by atoms with Crippen LogP contribution < -0.4 is 15.7 Å². The fourth-order valence-corrected chi connectivity index (χ4v) is 7.64. The molecule has 0 amide bonds. The molecule has 11 heteroatoms. The van der Waals surface area contributed by atoms with E-state index in [1.54, 1.807) is 0 Å². The predicted molar refractivity (Wildman–Crippen MR) is 189 cm³/mol. The Bertz CT molecular complexity index is 1890. The van der Waals surface area contributed by atoms with Crippen molar-refractivity contribution in [3.8, 4) is 0 Å². The summed E-state index contributed by atoms with van der Waals surface area (Å²) in [7, 11) is 1.26. The van der Waals surface area contributed by atoms with Crippen LogP contribution in [0.15, 0.2) is 155 Å². The van der Waals surface area contributed by atoms with Crippen LogP contribution in [0.4, 0.5) is 0 Å². The van der Waals surface area contributed by atoms with Gasteiger partial charge < -0.3 is 0 Å². The van der Waals surface area contributed by atoms with Gasteiger partial charge in [-0.3, -0.25) is 0 Å². The Labute approximate surface area is 295 Å². The first-order valence-corrected chi connectivity index (χ1v) is 17.6. The molecule has 1 N–H and O–H groups in total. The summed E-state index contributed by atoms with van der Waals surface area (Å²) in [6.45, 7) is 1.12. The second-order valence-electron chi connectivity index (χ2n) is 11.0. The van der Waals surface area contributed by atoms with Gasteiger partial charge in [0.05, 0.1) is 0 Å². The van der Waals surface area contributed by atoms with Crippen molar-refractivity contribution in [2.24, 2.45) is 0 Å². The predicted octanol–water partition coefficient (Wildman–Crippen LogP) is 4.08. The molecule has 4 aromatic carbocycles. The van der Waals surface area contributed by atoms with Crippen molar-refractivity contribution in [2.75, 3.05) is 13.7 Å². The average Bonchev–Trinajstić information content (AvgIpc) is 3.14. The fourth-order valence-electron chi connectivity index (χ4n) is 5.37. The summed E-state index contributed by atoms with van der Waals surface area (Å²) in [5.41, 5.74) is 0.00169. The van der Waals surface area contributed by atoms with E-state index < -0.39 is 61.1 Å². The van der Waals surface area contributed by atoms with Crippen molar-refractivity contribution in [1.29, 1.82) is 0 Å². The maximum absolute atomic E-state index is 13.3. The number of esters is 2. The van der Waals surface area contributed by atoms with E-state index in [-0.39, 0.29) is 6.61 Å². The number of rotatable bonds is 15. The normalized spacial score (nSPS) is 13.3. The van der Waals surface area contributed by atoms with Crippen LogP contribution in [-0.2, 0) is 34.1 Å². The number of carbonyl (C=O) groups excluding carboxylic acids is 2. The molecule has 0 spiro atoms. The van der Waals surface area contributed by atoms with E-state index in [1.165, 1.54) is 38.4 Å². The second-order valence-corrected chi connectivity index (χ2v) is 13.4. The first-order chi connectivity index (χ1) is 24.3. The Morgan fingerprint density at radius 1 is 0.800 bits per heavy atom. The number of ether oxygens (including phenoxy) is 4. The first-order valence-electron chi connectivity index (χ1n) is 15.7. The monoisotopic (exact) mass is 740 g/mol. The SMILES string of the molecule is COC(=O)/C=C/[C@@H](COC(c1ccccc1)(c1ccccc1)c1ccccc1)O[C@H](C(OC(C)=O)[Se]c1ccccc1)n1ccc(=O)[nH]c1=O. The molecule has 3 atom stereocenters. The molecule has 50 heavy (non-hydrogen) atoms. The molecule has 0 fully saturated rings. The van der Waals surface area contributed by atoms with Crippen molar-refractivity contribution in [2.45, 2.75) is 29.9 Å². The summed E-state index contributed by atoms with van der Waals surface area (Å²) in [6.07, 6.45) is 1.70. The van der Waals surface area contributed by atoms with Crippen LogP contribution in [0.2, 0.25) is 0 Å². The molecule has 0 saturated carbocycles. The van der Waals surface area contributed by atoms with E-state index in [0.29, 0.717) is 0 Å². The molecule has 1 aromatic heterocycles. The van der Waals surface area contributed by atoms with E-state index in [9.17, 15) is 19.2 Å². The summed E-state index contributed by atoms with van der Waals surface area (Å²) in [5, 5.41) is -0.984.